The second-order valence-electron chi connectivity index (χ2n) is 7.91. The predicted molar refractivity (Wildman–Crippen MR) is 133 cm³/mol. The van der Waals surface area contributed by atoms with Gasteiger partial charge in [-0.15, -0.1) is 6.58 Å². The minimum Gasteiger partial charge on any atom is -0.506 e. The highest BCUT2D eigenvalue weighted by Gasteiger charge is 2.08. The number of halogens is 1. The van der Waals surface area contributed by atoms with Crippen molar-refractivity contribution in [3.05, 3.63) is 106 Å². The summed E-state index contributed by atoms with van der Waals surface area (Å²) in [6.45, 7) is 8.65. The number of benzene rings is 3. The number of rotatable bonds is 9. The zero-order valence-corrected chi connectivity index (χ0v) is 19.5. The number of hydrazone groups is 1. The van der Waals surface area contributed by atoms with E-state index in [-0.39, 0.29) is 10.8 Å². The lowest BCUT2D eigenvalue weighted by Crippen LogP contribution is -2.17. The number of nitrogens with one attached hydrogen (secondary N) is 1. The normalized spacial score (nSPS) is 11.0. The summed E-state index contributed by atoms with van der Waals surface area (Å²) in [5.74, 6) is 0.768. The van der Waals surface area contributed by atoms with Gasteiger partial charge in [-0.05, 0) is 71.0 Å². The number of aromatic hydroxyl groups is 1. The van der Waals surface area contributed by atoms with Crippen molar-refractivity contribution in [2.24, 2.45) is 5.10 Å². The Bertz CT molecular complexity index is 1150. The van der Waals surface area contributed by atoms with Crippen molar-refractivity contribution < 1.29 is 14.6 Å². The first kappa shape index (κ1) is 24.1. The van der Waals surface area contributed by atoms with Crippen molar-refractivity contribution in [3.63, 3.8) is 0 Å². The van der Waals surface area contributed by atoms with Crippen molar-refractivity contribution >= 4 is 23.7 Å². The van der Waals surface area contributed by atoms with Crippen molar-refractivity contribution in [3.8, 4) is 11.5 Å². The molecule has 5 nitrogen and oxygen atoms in total. The van der Waals surface area contributed by atoms with E-state index in [2.05, 4.69) is 55.2 Å². The van der Waals surface area contributed by atoms with Crippen molar-refractivity contribution in [1.82, 2.24) is 5.43 Å². The van der Waals surface area contributed by atoms with Crippen molar-refractivity contribution in [2.45, 2.75) is 32.8 Å². The highest BCUT2D eigenvalue weighted by Crippen LogP contribution is 2.24. The molecule has 3 aromatic rings. The van der Waals surface area contributed by atoms with Crippen LogP contribution in [-0.2, 0) is 13.0 Å². The maximum Gasteiger partial charge on any atom is 0.271 e. The van der Waals surface area contributed by atoms with Gasteiger partial charge in [-0.1, -0.05) is 55.8 Å². The molecule has 6 heteroatoms. The summed E-state index contributed by atoms with van der Waals surface area (Å²) in [4.78, 5) is 12.2. The summed E-state index contributed by atoms with van der Waals surface area (Å²) in [5, 5.41) is 13.6. The minimum atomic E-state index is -0.428. The van der Waals surface area contributed by atoms with Crippen LogP contribution in [0.25, 0.3) is 0 Å². The number of allylic oxidation sites excluding steroid dienone is 1. The van der Waals surface area contributed by atoms with Gasteiger partial charge in [0.2, 0.25) is 0 Å². The SMILES string of the molecule is C=CCc1cc(C=NNC(=O)c2ccc(O)c(Cl)c2)ccc1OCc1ccc(C(C)C)cc1. The van der Waals surface area contributed by atoms with Crippen LogP contribution in [0.2, 0.25) is 5.02 Å². The molecule has 0 radical (unpaired) electrons. The van der Waals surface area contributed by atoms with Gasteiger partial charge in [0, 0.05) is 5.56 Å². The van der Waals surface area contributed by atoms with Crippen LogP contribution in [0.3, 0.4) is 0 Å². The van der Waals surface area contributed by atoms with Gasteiger partial charge in [-0.3, -0.25) is 4.79 Å². The number of ether oxygens (including phenoxy) is 1. The fraction of sp³-hybridized carbons (Fsp3) is 0.185. The summed E-state index contributed by atoms with van der Waals surface area (Å²) in [5.41, 5.74) is 6.95. The monoisotopic (exact) mass is 462 g/mol. The Labute approximate surface area is 199 Å². The lowest BCUT2D eigenvalue weighted by atomic mass is 10.0. The highest BCUT2D eigenvalue weighted by molar-refractivity contribution is 6.32. The molecule has 3 rings (SSSR count). The number of phenolic OH excluding ortho intramolecular Hbond substituents is 1. The van der Waals surface area contributed by atoms with E-state index >= 15 is 0 Å². The average molecular weight is 463 g/mol. The van der Waals surface area contributed by atoms with Crippen LogP contribution in [0, 0.1) is 0 Å². The molecule has 0 bridgehead atoms. The van der Waals surface area contributed by atoms with E-state index in [1.165, 1.54) is 23.8 Å². The molecule has 0 saturated heterocycles. The fourth-order valence-corrected chi connectivity index (χ4v) is 3.35. The number of hydrogen-bond acceptors (Lipinski definition) is 4. The molecule has 0 spiro atoms. The summed E-state index contributed by atoms with van der Waals surface area (Å²) in [6.07, 6.45) is 4.01. The summed E-state index contributed by atoms with van der Waals surface area (Å²) in [6, 6.07) is 18.4. The Balaban J connectivity index is 1.65. The molecule has 0 aromatic heterocycles. The van der Waals surface area contributed by atoms with Gasteiger partial charge in [0.1, 0.15) is 18.1 Å². The van der Waals surface area contributed by atoms with E-state index < -0.39 is 5.91 Å². The second-order valence-corrected chi connectivity index (χ2v) is 8.32. The molecule has 3 aromatic carbocycles. The molecule has 0 aliphatic carbocycles. The molecule has 0 atom stereocenters. The standard InChI is InChI=1S/C27H27ClN2O3/c1-4-5-22-14-20(16-29-30-27(32)23-11-12-25(31)24(28)15-23)8-13-26(22)33-17-19-6-9-21(10-7-19)18(2)3/h4,6-16,18,31H,1,5,17H2,2-3H3,(H,30,32). The molecule has 33 heavy (non-hydrogen) atoms. The van der Waals surface area contributed by atoms with Crippen LogP contribution in [0.5, 0.6) is 11.5 Å². The summed E-state index contributed by atoms with van der Waals surface area (Å²) in [7, 11) is 0. The Morgan fingerprint density at radius 3 is 2.58 bits per heavy atom. The number of carbonyl (C=O) groups excluding carboxylic acids is 1. The molecule has 0 aliphatic heterocycles. The smallest absolute Gasteiger partial charge is 0.271 e. The number of amides is 1. The van der Waals surface area contributed by atoms with Gasteiger partial charge < -0.3 is 9.84 Å². The van der Waals surface area contributed by atoms with Crippen LogP contribution >= 0.6 is 11.6 Å². The van der Waals surface area contributed by atoms with E-state index in [9.17, 15) is 9.90 Å². The zero-order chi connectivity index (χ0) is 23.8. The minimum absolute atomic E-state index is 0.0821. The van der Waals surface area contributed by atoms with Crippen LogP contribution < -0.4 is 10.2 Å². The molecule has 0 heterocycles. The summed E-state index contributed by atoms with van der Waals surface area (Å²) < 4.78 is 6.06. The zero-order valence-electron chi connectivity index (χ0n) is 18.7. The van der Waals surface area contributed by atoms with Crippen molar-refractivity contribution in [2.75, 3.05) is 0 Å². The largest absolute Gasteiger partial charge is 0.506 e. The van der Waals surface area contributed by atoms with E-state index in [1.807, 2.05) is 24.3 Å². The quantitative estimate of drug-likeness (QED) is 0.224. The van der Waals surface area contributed by atoms with Crippen LogP contribution in [0.4, 0.5) is 0 Å². The van der Waals surface area contributed by atoms with Gasteiger partial charge in [0.05, 0.1) is 11.2 Å². The molecule has 0 unspecified atom stereocenters. The molecule has 0 fully saturated rings. The van der Waals surface area contributed by atoms with Gasteiger partial charge in [0.25, 0.3) is 5.91 Å². The summed E-state index contributed by atoms with van der Waals surface area (Å²) >= 11 is 5.85. The molecular weight excluding hydrogens is 436 g/mol. The first-order valence-corrected chi connectivity index (χ1v) is 11.0. The Morgan fingerprint density at radius 1 is 1.15 bits per heavy atom. The molecule has 0 aliphatic rings. The van der Waals surface area contributed by atoms with Crippen LogP contribution in [0.15, 0.2) is 78.4 Å². The van der Waals surface area contributed by atoms with E-state index in [0.717, 1.165) is 22.4 Å². The predicted octanol–water partition coefficient (Wildman–Crippen LogP) is 6.24. The highest BCUT2D eigenvalue weighted by atomic mass is 35.5. The van der Waals surface area contributed by atoms with E-state index in [0.29, 0.717) is 24.5 Å². The topological polar surface area (TPSA) is 70.9 Å². The van der Waals surface area contributed by atoms with Crippen LogP contribution in [0.1, 0.15) is 52.4 Å². The molecule has 1 amide bonds. The van der Waals surface area contributed by atoms with Crippen molar-refractivity contribution in [1.29, 1.82) is 0 Å². The van der Waals surface area contributed by atoms with Gasteiger partial charge in [-0.2, -0.15) is 5.10 Å². The number of nitrogens with zero attached hydrogens (tertiary/aromatic N) is 1. The molecule has 0 saturated carbocycles. The second kappa shape index (κ2) is 11.3. The van der Waals surface area contributed by atoms with E-state index in [1.54, 1.807) is 6.21 Å². The molecule has 170 valence electrons. The third kappa shape index (κ3) is 6.70. The van der Waals surface area contributed by atoms with Crippen LogP contribution in [-0.4, -0.2) is 17.2 Å². The maximum absolute atomic E-state index is 12.2. The maximum atomic E-state index is 12.2. The van der Waals surface area contributed by atoms with E-state index in [4.69, 9.17) is 16.3 Å². The average Bonchev–Trinajstić information content (AvgIpc) is 2.80. The Kier molecular flexibility index (Phi) is 8.28. The Hall–Kier alpha value is -3.57. The molecule has 2 N–H and O–H groups in total. The third-order valence-electron chi connectivity index (χ3n) is 5.08. The first-order valence-electron chi connectivity index (χ1n) is 10.6. The Morgan fingerprint density at radius 2 is 1.91 bits per heavy atom. The first-order chi connectivity index (χ1) is 15.9. The van der Waals surface area contributed by atoms with Gasteiger partial charge >= 0.3 is 0 Å². The third-order valence-corrected chi connectivity index (χ3v) is 5.38. The fourth-order valence-electron chi connectivity index (χ4n) is 3.17. The number of carbonyl (C=O) groups is 1. The lowest BCUT2D eigenvalue weighted by molar-refractivity contribution is 0.0955. The lowest BCUT2D eigenvalue weighted by Gasteiger charge is -2.12. The van der Waals surface area contributed by atoms with Gasteiger partial charge in [0.15, 0.2) is 0 Å². The number of hydrogen-bond donors (Lipinski definition) is 2. The number of phenols is 1. The van der Waals surface area contributed by atoms with Gasteiger partial charge in [-0.25, -0.2) is 5.43 Å². The molecular formula is C27H27ClN2O3.